The zero-order chi connectivity index (χ0) is 15.4. The fourth-order valence-corrected chi connectivity index (χ4v) is 2.69. The summed E-state index contributed by atoms with van der Waals surface area (Å²) in [6.45, 7) is 5.61. The van der Waals surface area contributed by atoms with E-state index in [2.05, 4.69) is 16.1 Å². The largest absolute Gasteiger partial charge is 0.473 e. The third kappa shape index (κ3) is 4.16. The predicted molar refractivity (Wildman–Crippen MR) is 73.7 cm³/mol. The van der Waals surface area contributed by atoms with E-state index in [-0.39, 0.29) is 0 Å². The number of carboxylic acids is 2. The van der Waals surface area contributed by atoms with E-state index < -0.39 is 11.9 Å². The second-order valence-electron chi connectivity index (χ2n) is 5.27. The van der Waals surface area contributed by atoms with Crippen LogP contribution in [0.4, 0.5) is 0 Å². The molecular weight excluding hydrogens is 276 g/mol. The summed E-state index contributed by atoms with van der Waals surface area (Å²) in [5, 5.41) is 18.7. The van der Waals surface area contributed by atoms with Crippen molar-refractivity contribution in [2.75, 3.05) is 19.6 Å². The first-order valence-electron chi connectivity index (χ1n) is 6.78. The van der Waals surface area contributed by atoms with Gasteiger partial charge in [0.1, 0.15) is 0 Å². The van der Waals surface area contributed by atoms with Crippen LogP contribution in [0, 0.1) is 12.8 Å². The first-order valence-corrected chi connectivity index (χ1v) is 6.78. The molecule has 0 amide bonds. The molecule has 0 radical (unpaired) electrons. The molecule has 2 unspecified atom stereocenters. The maximum Gasteiger partial charge on any atom is 0.414 e. The first kappa shape index (κ1) is 15.2. The second kappa shape index (κ2) is 6.53. The maximum absolute atomic E-state index is 9.10. The van der Waals surface area contributed by atoms with Crippen LogP contribution in [-0.4, -0.2) is 51.8 Å². The lowest BCUT2D eigenvalue weighted by Crippen LogP contribution is -2.25. The van der Waals surface area contributed by atoms with Crippen molar-refractivity contribution in [3.05, 3.63) is 23.1 Å². The molecule has 2 N–H and O–H groups in total. The van der Waals surface area contributed by atoms with E-state index in [4.69, 9.17) is 24.3 Å². The number of piperidine rings is 1. The average Bonchev–Trinajstić information content (AvgIpc) is 2.95. The third-order valence-corrected chi connectivity index (χ3v) is 3.59. The molecule has 0 aliphatic carbocycles. The maximum atomic E-state index is 9.10. The van der Waals surface area contributed by atoms with Gasteiger partial charge < -0.3 is 14.7 Å². The van der Waals surface area contributed by atoms with E-state index in [0.29, 0.717) is 0 Å². The summed E-state index contributed by atoms with van der Waals surface area (Å²) in [7, 11) is 0. The summed E-state index contributed by atoms with van der Waals surface area (Å²) in [5.74, 6) is -1.97. The van der Waals surface area contributed by atoms with Crippen molar-refractivity contribution in [1.29, 1.82) is 0 Å². The number of aromatic nitrogens is 1. The lowest BCUT2D eigenvalue weighted by Gasteiger charge is -2.20. The molecule has 0 spiro atoms. The Labute approximate surface area is 121 Å². The van der Waals surface area contributed by atoms with Crippen LogP contribution in [-0.2, 0) is 9.59 Å². The monoisotopic (exact) mass is 294 g/mol. The molecule has 1 aromatic rings. The van der Waals surface area contributed by atoms with Gasteiger partial charge in [-0.05, 0) is 43.9 Å². The smallest absolute Gasteiger partial charge is 0.414 e. The van der Waals surface area contributed by atoms with Crippen molar-refractivity contribution < 1.29 is 24.3 Å². The summed E-state index contributed by atoms with van der Waals surface area (Å²) in [6.07, 6.45) is 4.88. The molecule has 3 heterocycles. The van der Waals surface area contributed by atoms with Crippen LogP contribution >= 0.6 is 0 Å². The molecule has 2 aliphatic rings. The third-order valence-electron chi connectivity index (χ3n) is 3.59. The number of hydrogen-bond acceptors (Lipinski definition) is 5. The van der Waals surface area contributed by atoms with Crippen molar-refractivity contribution in [1.82, 2.24) is 10.1 Å². The van der Waals surface area contributed by atoms with Gasteiger partial charge in [0.25, 0.3) is 0 Å². The molecular formula is C14H18N2O5. The molecule has 2 bridgehead atoms. The van der Waals surface area contributed by atoms with Gasteiger partial charge in [-0.25, -0.2) is 9.59 Å². The summed E-state index contributed by atoms with van der Waals surface area (Å²) < 4.78 is 5.23. The van der Waals surface area contributed by atoms with Gasteiger partial charge in [0, 0.05) is 19.2 Å². The van der Waals surface area contributed by atoms with Gasteiger partial charge >= 0.3 is 11.9 Å². The van der Waals surface area contributed by atoms with Gasteiger partial charge in [-0.2, -0.15) is 0 Å². The van der Waals surface area contributed by atoms with Gasteiger partial charge in [0.05, 0.1) is 5.69 Å². The van der Waals surface area contributed by atoms with Crippen LogP contribution in [0.25, 0.3) is 6.08 Å². The highest BCUT2D eigenvalue weighted by atomic mass is 16.5. The molecule has 0 aromatic carbocycles. The summed E-state index contributed by atoms with van der Waals surface area (Å²) in [6, 6.07) is 2.00. The molecule has 21 heavy (non-hydrogen) atoms. The normalized spacial score (nSPS) is 25.3. The van der Waals surface area contributed by atoms with Crippen LogP contribution in [0.2, 0.25) is 0 Å². The SMILES string of the molecule is Cc1cc(C=C2CN3CCCC2C3)on1.O=C(O)C(=O)O. The van der Waals surface area contributed by atoms with Crippen molar-refractivity contribution in [3.63, 3.8) is 0 Å². The lowest BCUT2D eigenvalue weighted by atomic mass is 9.96. The fourth-order valence-electron chi connectivity index (χ4n) is 2.69. The Morgan fingerprint density at radius 1 is 1.43 bits per heavy atom. The molecule has 114 valence electrons. The standard InChI is InChI=1S/C12H16N2O.C2H2O4/c1-9-5-12(15-13-9)6-11-8-14-4-2-3-10(11)7-14;3-1(4)2(5)6/h5-6,10H,2-4,7-8H2,1H3;(H,3,4)(H,5,6). The van der Waals surface area contributed by atoms with Crippen molar-refractivity contribution in [3.8, 4) is 0 Å². The van der Waals surface area contributed by atoms with Gasteiger partial charge in [-0.1, -0.05) is 5.16 Å². The van der Waals surface area contributed by atoms with Crippen LogP contribution in [0.15, 0.2) is 16.2 Å². The Hall–Kier alpha value is -2.15. The zero-order valence-electron chi connectivity index (χ0n) is 11.8. The van der Waals surface area contributed by atoms with Crippen molar-refractivity contribution in [2.24, 2.45) is 5.92 Å². The molecule has 1 aromatic heterocycles. The Morgan fingerprint density at radius 2 is 2.14 bits per heavy atom. The van der Waals surface area contributed by atoms with Gasteiger partial charge in [0.2, 0.25) is 0 Å². The zero-order valence-corrected chi connectivity index (χ0v) is 11.8. The Morgan fingerprint density at radius 3 is 2.67 bits per heavy atom. The Bertz CT molecular complexity index is 551. The van der Waals surface area contributed by atoms with Crippen LogP contribution in [0.5, 0.6) is 0 Å². The van der Waals surface area contributed by atoms with Crippen LogP contribution in [0.3, 0.4) is 0 Å². The Balaban J connectivity index is 0.000000232. The number of hydrogen-bond donors (Lipinski definition) is 2. The van der Waals surface area contributed by atoms with E-state index in [1.54, 1.807) is 0 Å². The predicted octanol–water partition coefficient (Wildman–Crippen LogP) is 1.25. The summed E-state index contributed by atoms with van der Waals surface area (Å²) in [5.41, 5.74) is 2.49. The molecule has 7 nitrogen and oxygen atoms in total. The van der Waals surface area contributed by atoms with Gasteiger partial charge in [-0.15, -0.1) is 0 Å². The highest BCUT2D eigenvalue weighted by molar-refractivity contribution is 6.27. The second-order valence-corrected chi connectivity index (χ2v) is 5.27. The minimum absolute atomic E-state index is 0.768. The van der Waals surface area contributed by atoms with Crippen LogP contribution in [0.1, 0.15) is 24.3 Å². The number of carbonyl (C=O) groups is 2. The number of carboxylic acid groups (broad SMARTS) is 2. The average molecular weight is 294 g/mol. The number of fused-ring (bicyclic) bond motifs is 2. The lowest BCUT2D eigenvalue weighted by molar-refractivity contribution is -0.159. The van der Waals surface area contributed by atoms with Crippen molar-refractivity contribution >= 4 is 18.0 Å². The van der Waals surface area contributed by atoms with Crippen molar-refractivity contribution in [2.45, 2.75) is 19.8 Å². The molecule has 2 atom stereocenters. The Kier molecular flexibility index (Phi) is 4.74. The molecule has 2 fully saturated rings. The van der Waals surface area contributed by atoms with Gasteiger partial charge in [-0.3, -0.25) is 4.90 Å². The van der Waals surface area contributed by atoms with E-state index in [9.17, 15) is 0 Å². The number of aliphatic carboxylic acids is 2. The molecule has 7 heteroatoms. The van der Waals surface area contributed by atoms with Crippen LogP contribution < -0.4 is 0 Å². The van der Waals surface area contributed by atoms with Gasteiger partial charge in [0.15, 0.2) is 5.76 Å². The minimum atomic E-state index is -1.82. The topological polar surface area (TPSA) is 104 Å². The molecule has 3 rings (SSSR count). The summed E-state index contributed by atoms with van der Waals surface area (Å²) >= 11 is 0. The first-order chi connectivity index (χ1) is 9.95. The number of aryl methyl sites for hydroxylation is 1. The van der Waals surface area contributed by atoms with E-state index in [1.165, 1.54) is 31.5 Å². The van der Waals surface area contributed by atoms with E-state index in [1.807, 2.05) is 13.0 Å². The molecule has 2 aliphatic heterocycles. The fraction of sp³-hybridized carbons (Fsp3) is 0.500. The molecule has 2 saturated heterocycles. The number of rotatable bonds is 1. The highest BCUT2D eigenvalue weighted by Crippen LogP contribution is 2.32. The highest BCUT2D eigenvalue weighted by Gasteiger charge is 2.30. The van der Waals surface area contributed by atoms with E-state index >= 15 is 0 Å². The van der Waals surface area contributed by atoms with E-state index in [0.717, 1.165) is 23.9 Å². The quantitative estimate of drug-likeness (QED) is 0.751. The number of nitrogens with zero attached hydrogens (tertiary/aromatic N) is 2. The minimum Gasteiger partial charge on any atom is -0.473 e. The summed E-state index contributed by atoms with van der Waals surface area (Å²) in [4.78, 5) is 20.7. The molecule has 0 saturated carbocycles.